The molecule has 0 aliphatic heterocycles. The Balaban J connectivity index is 2.27. The minimum Gasteiger partial charge on any atom is -0.282 e. The fourth-order valence-electron chi connectivity index (χ4n) is 1.81. The van der Waals surface area contributed by atoms with Crippen LogP contribution < -0.4 is 0 Å². The summed E-state index contributed by atoms with van der Waals surface area (Å²) in [5.74, 6) is 0. The van der Waals surface area contributed by atoms with Crippen LogP contribution in [0.1, 0.15) is 0 Å². The number of aromatic nitrogens is 3. The molecule has 0 unspecified atom stereocenters. The predicted octanol–water partition coefficient (Wildman–Crippen LogP) is 1.67. The smallest absolute Gasteiger partial charge is 0.282 e. The van der Waals surface area contributed by atoms with E-state index in [1.165, 1.54) is 23.0 Å². The van der Waals surface area contributed by atoms with Crippen molar-refractivity contribution in [1.29, 1.82) is 0 Å². The van der Waals surface area contributed by atoms with Crippen molar-refractivity contribution < 1.29 is 13.0 Å². The third kappa shape index (κ3) is 2.09. The van der Waals surface area contributed by atoms with Gasteiger partial charge in [0.1, 0.15) is 21.6 Å². The Hall–Kier alpha value is -2.25. The van der Waals surface area contributed by atoms with E-state index in [9.17, 15) is 13.0 Å². The SMILES string of the molecule is O=S(=O)(O)c1ccccc1-n1nc2ccccc2n1. The monoisotopic (exact) mass is 275 g/mol. The van der Waals surface area contributed by atoms with Gasteiger partial charge in [-0.25, -0.2) is 0 Å². The molecule has 0 spiro atoms. The van der Waals surface area contributed by atoms with Gasteiger partial charge >= 0.3 is 0 Å². The highest BCUT2D eigenvalue weighted by atomic mass is 32.2. The van der Waals surface area contributed by atoms with Crippen LogP contribution in [0, 0.1) is 0 Å². The van der Waals surface area contributed by atoms with Gasteiger partial charge in [-0.15, -0.1) is 15.0 Å². The van der Waals surface area contributed by atoms with E-state index in [2.05, 4.69) is 10.2 Å². The first-order chi connectivity index (χ1) is 9.05. The molecule has 0 amide bonds. The van der Waals surface area contributed by atoms with Gasteiger partial charge in [0.15, 0.2) is 0 Å². The molecule has 0 saturated carbocycles. The molecule has 0 saturated heterocycles. The van der Waals surface area contributed by atoms with Crippen molar-refractivity contribution >= 4 is 21.2 Å². The Morgan fingerprint density at radius 3 is 2.00 bits per heavy atom. The van der Waals surface area contributed by atoms with Crippen molar-refractivity contribution in [2.45, 2.75) is 4.90 Å². The summed E-state index contributed by atoms with van der Waals surface area (Å²) in [6, 6.07) is 13.2. The third-order valence-corrected chi connectivity index (χ3v) is 3.55. The molecule has 19 heavy (non-hydrogen) atoms. The van der Waals surface area contributed by atoms with Gasteiger partial charge in [0.2, 0.25) is 0 Å². The highest BCUT2D eigenvalue weighted by molar-refractivity contribution is 7.86. The van der Waals surface area contributed by atoms with Gasteiger partial charge in [0, 0.05) is 0 Å². The number of rotatable bonds is 2. The maximum absolute atomic E-state index is 11.3. The molecule has 0 atom stereocenters. The summed E-state index contributed by atoms with van der Waals surface area (Å²) in [4.78, 5) is 0.976. The first-order valence-electron chi connectivity index (χ1n) is 5.45. The lowest BCUT2D eigenvalue weighted by molar-refractivity contribution is 0.482. The molecule has 0 radical (unpaired) electrons. The minimum absolute atomic E-state index is 0.209. The molecule has 2 aromatic carbocycles. The summed E-state index contributed by atoms with van der Waals surface area (Å²) >= 11 is 0. The number of hydrogen-bond acceptors (Lipinski definition) is 4. The zero-order valence-corrected chi connectivity index (χ0v) is 10.4. The van der Waals surface area contributed by atoms with Crippen molar-refractivity contribution in [1.82, 2.24) is 15.0 Å². The second-order valence-electron chi connectivity index (χ2n) is 3.92. The molecule has 1 N–H and O–H groups in total. The maximum Gasteiger partial charge on any atom is 0.296 e. The van der Waals surface area contributed by atoms with E-state index in [4.69, 9.17) is 0 Å². The van der Waals surface area contributed by atoms with Crippen LogP contribution in [0.5, 0.6) is 0 Å². The summed E-state index contributed by atoms with van der Waals surface area (Å²) in [6.45, 7) is 0. The Morgan fingerprint density at radius 1 is 0.895 bits per heavy atom. The van der Waals surface area contributed by atoms with Crippen molar-refractivity contribution in [2.75, 3.05) is 0 Å². The van der Waals surface area contributed by atoms with Crippen molar-refractivity contribution in [3.63, 3.8) is 0 Å². The number of para-hydroxylation sites is 1. The van der Waals surface area contributed by atoms with Crippen LogP contribution in [0.2, 0.25) is 0 Å². The van der Waals surface area contributed by atoms with Gasteiger partial charge in [0.25, 0.3) is 10.1 Å². The van der Waals surface area contributed by atoms with Gasteiger partial charge in [-0.1, -0.05) is 24.3 Å². The highest BCUT2D eigenvalue weighted by Gasteiger charge is 2.17. The van der Waals surface area contributed by atoms with Crippen LogP contribution >= 0.6 is 0 Å². The molecule has 7 heteroatoms. The van der Waals surface area contributed by atoms with Crippen molar-refractivity contribution in [2.24, 2.45) is 0 Å². The summed E-state index contributed by atoms with van der Waals surface area (Å²) in [6.07, 6.45) is 0. The molecule has 0 fully saturated rings. The standard InChI is InChI=1S/C12H9N3O3S/c16-19(17,18)12-8-4-3-7-11(12)15-13-9-5-1-2-6-10(9)14-15/h1-8H,(H,16,17,18). The predicted molar refractivity (Wildman–Crippen MR) is 68.7 cm³/mol. The van der Waals surface area contributed by atoms with Gasteiger partial charge < -0.3 is 0 Å². The quantitative estimate of drug-likeness (QED) is 0.719. The second kappa shape index (κ2) is 4.15. The normalized spacial score (nSPS) is 11.8. The van der Waals surface area contributed by atoms with Crippen molar-refractivity contribution in [3.8, 4) is 5.69 Å². The van der Waals surface area contributed by atoms with Gasteiger partial charge in [0.05, 0.1) is 0 Å². The summed E-state index contributed by atoms with van der Waals surface area (Å²) in [5, 5.41) is 8.37. The minimum atomic E-state index is -4.32. The highest BCUT2D eigenvalue weighted by Crippen LogP contribution is 2.19. The zero-order chi connectivity index (χ0) is 13.5. The van der Waals surface area contributed by atoms with E-state index in [1.54, 1.807) is 18.2 Å². The molecule has 1 aromatic heterocycles. The molecule has 0 bridgehead atoms. The molecule has 3 aromatic rings. The maximum atomic E-state index is 11.3. The molecule has 0 aliphatic carbocycles. The molecule has 96 valence electrons. The Bertz CT molecular complexity index is 822. The Morgan fingerprint density at radius 2 is 1.42 bits per heavy atom. The Kier molecular flexibility index (Phi) is 2.58. The zero-order valence-electron chi connectivity index (χ0n) is 9.63. The topological polar surface area (TPSA) is 85.1 Å². The first kappa shape index (κ1) is 11.8. The fourth-order valence-corrected chi connectivity index (χ4v) is 2.47. The summed E-state index contributed by atoms with van der Waals surface area (Å²) in [5.41, 5.74) is 1.50. The molecule has 0 aliphatic rings. The largest absolute Gasteiger partial charge is 0.296 e. The Labute approximate surface area is 109 Å². The van der Waals surface area contributed by atoms with Crippen LogP contribution in [0.25, 0.3) is 16.7 Å². The molecule has 6 nitrogen and oxygen atoms in total. The fraction of sp³-hybridized carbons (Fsp3) is 0. The molecule has 3 rings (SSSR count). The van der Waals surface area contributed by atoms with Crippen LogP contribution in [0.15, 0.2) is 53.4 Å². The summed E-state index contributed by atoms with van der Waals surface area (Å²) in [7, 11) is -4.32. The molecular weight excluding hydrogens is 266 g/mol. The van der Waals surface area contributed by atoms with E-state index < -0.39 is 10.1 Å². The van der Waals surface area contributed by atoms with Crippen LogP contribution in [0.3, 0.4) is 0 Å². The number of benzene rings is 2. The third-order valence-electron chi connectivity index (χ3n) is 2.65. The van der Waals surface area contributed by atoms with Crippen molar-refractivity contribution in [3.05, 3.63) is 48.5 Å². The van der Waals surface area contributed by atoms with E-state index in [0.717, 1.165) is 0 Å². The lowest BCUT2D eigenvalue weighted by Gasteiger charge is -2.04. The summed E-state index contributed by atoms with van der Waals surface area (Å²) < 4.78 is 31.9. The van der Waals surface area contributed by atoms with E-state index >= 15 is 0 Å². The van der Waals surface area contributed by atoms with Crippen LogP contribution in [-0.4, -0.2) is 28.0 Å². The van der Waals surface area contributed by atoms with E-state index in [0.29, 0.717) is 11.0 Å². The lowest BCUT2D eigenvalue weighted by Crippen LogP contribution is -2.07. The molecule has 1 heterocycles. The van der Waals surface area contributed by atoms with Crippen LogP contribution in [-0.2, 0) is 10.1 Å². The first-order valence-corrected chi connectivity index (χ1v) is 6.89. The molecular formula is C12H9N3O3S. The number of hydrogen-bond donors (Lipinski definition) is 1. The van der Waals surface area contributed by atoms with Gasteiger partial charge in [-0.2, -0.15) is 8.42 Å². The average Bonchev–Trinajstić information content (AvgIpc) is 2.81. The van der Waals surface area contributed by atoms with Gasteiger partial charge in [-0.05, 0) is 24.3 Å². The number of nitrogens with zero attached hydrogens (tertiary/aromatic N) is 3. The number of fused-ring (bicyclic) bond motifs is 1. The van der Waals surface area contributed by atoms with E-state index in [-0.39, 0.29) is 10.6 Å². The van der Waals surface area contributed by atoms with Gasteiger partial charge in [-0.3, -0.25) is 4.55 Å². The second-order valence-corrected chi connectivity index (χ2v) is 5.31. The van der Waals surface area contributed by atoms with Crippen LogP contribution in [0.4, 0.5) is 0 Å². The van der Waals surface area contributed by atoms with E-state index in [1.807, 2.05) is 12.1 Å². The lowest BCUT2D eigenvalue weighted by atomic mass is 10.3. The average molecular weight is 275 g/mol.